The lowest BCUT2D eigenvalue weighted by Gasteiger charge is -2.01. The third-order valence-corrected chi connectivity index (χ3v) is 3.45. The first kappa shape index (κ1) is 7.13. The van der Waals surface area contributed by atoms with Gasteiger partial charge >= 0.3 is 0 Å². The molecule has 0 heterocycles. The van der Waals surface area contributed by atoms with Gasteiger partial charge in [-0.2, -0.15) is 0 Å². The van der Waals surface area contributed by atoms with Gasteiger partial charge in [0.2, 0.25) is 0 Å². The van der Waals surface area contributed by atoms with Crippen LogP contribution in [0, 0.1) is 0 Å². The van der Waals surface area contributed by atoms with Gasteiger partial charge < -0.3 is 0 Å². The Balaban J connectivity index is 2.49. The average molecular weight is 145 g/mol. The summed E-state index contributed by atoms with van der Waals surface area (Å²) in [6.07, 6.45) is 7.45. The molecule has 1 atom stereocenters. The molecule has 0 aromatic rings. The summed E-state index contributed by atoms with van der Waals surface area (Å²) in [5.74, 6) is 0.503. The lowest BCUT2D eigenvalue weighted by molar-refractivity contribution is -0.116. The van der Waals surface area contributed by atoms with Gasteiger partial charge in [0, 0.05) is 12.8 Å². The molecule has 0 bridgehead atoms. The van der Waals surface area contributed by atoms with Crippen molar-refractivity contribution in [1.29, 1.82) is 0 Å². The number of carbonyl (C=O) groups is 1. The molecule has 0 radical (unpaired) electrons. The first-order chi connectivity index (χ1) is 4.22. The van der Waals surface area contributed by atoms with E-state index in [4.69, 9.17) is 0 Å². The van der Waals surface area contributed by atoms with E-state index in [1.54, 1.807) is 0 Å². The topological polar surface area (TPSA) is 17.1 Å². The summed E-state index contributed by atoms with van der Waals surface area (Å²) in [6.45, 7) is 0. The van der Waals surface area contributed by atoms with E-state index in [9.17, 15) is 4.79 Å². The predicted molar refractivity (Wildman–Crippen MR) is 41.9 cm³/mol. The summed E-state index contributed by atoms with van der Waals surface area (Å²) in [4.78, 5) is 11.0. The Kier molecular flexibility index (Phi) is 2.17. The van der Waals surface area contributed by atoms with E-state index in [0.29, 0.717) is 21.9 Å². The van der Waals surface area contributed by atoms with Gasteiger partial charge in [0.1, 0.15) is 0 Å². The average Bonchev–Trinajstić information content (AvgIpc) is 2.13. The molecule has 9 heavy (non-hydrogen) atoms. The molecular weight excluding hydrogens is 132 g/mol. The highest BCUT2D eigenvalue weighted by atomic mass is 32.2. The number of carbonyl (C=O) groups excluding carboxylic acids is 1. The van der Waals surface area contributed by atoms with Crippen molar-refractivity contribution in [3.05, 3.63) is 0 Å². The Morgan fingerprint density at radius 3 is 2.44 bits per heavy atom. The molecule has 0 spiro atoms. The van der Waals surface area contributed by atoms with Crippen molar-refractivity contribution in [1.82, 2.24) is 0 Å². The van der Waals surface area contributed by atoms with Crippen molar-refractivity contribution >= 4 is 16.7 Å². The van der Waals surface area contributed by atoms with Crippen LogP contribution in [0.25, 0.3) is 0 Å². The van der Waals surface area contributed by atoms with Crippen LogP contribution >= 0.6 is 0 Å². The van der Waals surface area contributed by atoms with Crippen LogP contribution in [-0.2, 0) is 15.7 Å². The smallest absolute Gasteiger partial charge is 0.184 e. The van der Waals surface area contributed by atoms with Gasteiger partial charge in [0.15, 0.2) is 11.0 Å². The van der Waals surface area contributed by atoms with Crippen molar-refractivity contribution < 1.29 is 4.79 Å². The van der Waals surface area contributed by atoms with Gasteiger partial charge in [-0.15, -0.1) is 0 Å². The molecule has 0 aliphatic heterocycles. The maximum absolute atomic E-state index is 11.0. The Morgan fingerprint density at radius 2 is 2.22 bits per heavy atom. The van der Waals surface area contributed by atoms with Crippen LogP contribution in [0.2, 0.25) is 0 Å². The number of Topliss-reactive ketones (excluding diaryl/α,β-unsaturated/α-hetero) is 1. The molecule has 0 amide bonds. The van der Waals surface area contributed by atoms with Crippen LogP contribution in [-0.4, -0.2) is 23.5 Å². The van der Waals surface area contributed by atoms with E-state index >= 15 is 0 Å². The second-order valence-electron chi connectivity index (χ2n) is 2.73. The van der Waals surface area contributed by atoms with Gasteiger partial charge in [-0.05, 0) is 17.3 Å². The minimum absolute atomic E-state index is 0.329. The molecule has 1 aliphatic rings. The second kappa shape index (κ2) is 2.74. The zero-order chi connectivity index (χ0) is 6.85. The first-order valence-electron chi connectivity index (χ1n) is 3.31. The number of hydrogen-bond acceptors (Lipinski definition) is 1. The van der Waals surface area contributed by atoms with E-state index in [1.165, 1.54) is 0 Å². The molecule has 1 unspecified atom stereocenters. The van der Waals surface area contributed by atoms with Crippen LogP contribution in [0.5, 0.6) is 0 Å². The summed E-state index contributed by atoms with van der Waals surface area (Å²) in [7, 11) is 0.329. The van der Waals surface area contributed by atoms with E-state index in [1.807, 2.05) is 0 Å². The first-order valence-corrected chi connectivity index (χ1v) is 5.41. The van der Waals surface area contributed by atoms with Gasteiger partial charge in [-0.25, -0.2) is 0 Å². The van der Waals surface area contributed by atoms with Crippen molar-refractivity contribution in [3.63, 3.8) is 0 Å². The van der Waals surface area contributed by atoms with Crippen molar-refractivity contribution in [2.45, 2.75) is 24.5 Å². The fourth-order valence-electron chi connectivity index (χ4n) is 1.28. The maximum Gasteiger partial charge on any atom is 0.184 e. The Morgan fingerprint density at radius 1 is 1.56 bits per heavy atom. The third kappa shape index (κ3) is 1.48. The standard InChI is InChI=1S/C7H13OS/c1-9(2)7-5-3-4-6(7)8/h7H,3-5H2,1-2H3/q+1. The predicted octanol–water partition coefficient (Wildman–Crippen LogP) is 0.986. The molecule has 1 rings (SSSR count). The molecule has 0 saturated heterocycles. The minimum Gasteiger partial charge on any atom is -0.294 e. The second-order valence-corrected chi connectivity index (χ2v) is 5.06. The number of rotatable bonds is 1. The summed E-state index contributed by atoms with van der Waals surface area (Å²) < 4.78 is 0. The Hall–Kier alpha value is 0.0200. The SMILES string of the molecule is C[S+](C)C1CCCC1=O. The van der Waals surface area contributed by atoms with Crippen LogP contribution in [0.15, 0.2) is 0 Å². The third-order valence-electron chi connectivity index (χ3n) is 1.82. The molecule has 52 valence electrons. The van der Waals surface area contributed by atoms with E-state index in [-0.39, 0.29) is 0 Å². The Labute approximate surface area is 59.2 Å². The minimum atomic E-state index is 0.329. The lowest BCUT2D eigenvalue weighted by Crippen LogP contribution is -2.22. The normalized spacial score (nSPS) is 27.9. The van der Waals surface area contributed by atoms with Gasteiger partial charge in [-0.3, -0.25) is 4.79 Å². The lowest BCUT2D eigenvalue weighted by atomic mass is 10.3. The van der Waals surface area contributed by atoms with Crippen LogP contribution in [0.1, 0.15) is 19.3 Å². The monoisotopic (exact) mass is 145 g/mol. The highest BCUT2D eigenvalue weighted by Gasteiger charge is 2.33. The van der Waals surface area contributed by atoms with Crippen molar-refractivity contribution in [2.24, 2.45) is 0 Å². The molecule has 0 N–H and O–H groups in total. The molecule has 1 nitrogen and oxygen atoms in total. The fraction of sp³-hybridized carbons (Fsp3) is 0.857. The molecule has 0 aromatic heterocycles. The van der Waals surface area contributed by atoms with Crippen molar-refractivity contribution in [2.75, 3.05) is 12.5 Å². The zero-order valence-electron chi connectivity index (χ0n) is 6.02. The van der Waals surface area contributed by atoms with Crippen LogP contribution < -0.4 is 0 Å². The highest BCUT2D eigenvalue weighted by molar-refractivity contribution is 7.96. The molecule has 0 aromatic carbocycles. The summed E-state index contributed by atoms with van der Waals surface area (Å²) in [5, 5.41) is 0.421. The Bertz CT molecular complexity index is 120. The molecule has 1 fully saturated rings. The van der Waals surface area contributed by atoms with Crippen LogP contribution in [0.3, 0.4) is 0 Å². The summed E-state index contributed by atoms with van der Waals surface area (Å²) >= 11 is 0. The largest absolute Gasteiger partial charge is 0.294 e. The highest BCUT2D eigenvalue weighted by Crippen LogP contribution is 2.20. The summed E-state index contributed by atoms with van der Waals surface area (Å²) in [6, 6.07) is 0. The van der Waals surface area contributed by atoms with Gasteiger partial charge in [0.25, 0.3) is 0 Å². The van der Waals surface area contributed by atoms with Crippen LogP contribution in [0.4, 0.5) is 0 Å². The van der Waals surface area contributed by atoms with E-state index < -0.39 is 0 Å². The van der Waals surface area contributed by atoms with Gasteiger partial charge in [-0.1, -0.05) is 0 Å². The molecular formula is C7H13OS+. The quantitative estimate of drug-likeness (QED) is 0.503. The number of hydrogen-bond donors (Lipinski definition) is 0. The molecule has 2 heteroatoms. The molecule has 1 saturated carbocycles. The zero-order valence-corrected chi connectivity index (χ0v) is 6.83. The number of ketones is 1. The fourth-order valence-corrected chi connectivity index (χ4v) is 2.56. The van der Waals surface area contributed by atoms with Gasteiger partial charge in [0.05, 0.1) is 12.5 Å². The maximum atomic E-state index is 11.0. The van der Waals surface area contributed by atoms with Crippen molar-refractivity contribution in [3.8, 4) is 0 Å². The summed E-state index contributed by atoms with van der Waals surface area (Å²) in [5.41, 5.74) is 0. The molecule has 1 aliphatic carbocycles. The van der Waals surface area contributed by atoms with E-state index in [2.05, 4.69) is 12.5 Å². The van der Waals surface area contributed by atoms with E-state index in [0.717, 1.165) is 19.3 Å².